The predicted molar refractivity (Wildman–Crippen MR) is 79.9 cm³/mol. The summed E-state index contributed by atoms with van der Waals surface area (Å²) < 4.78 is 4.83. The molecule has 1 rings (SSSR count). The van der Waals surface area contributed by atoms with E-state index in [1.807, 2.05) is 26.3 Å². The van der Waals surface area contributed by atoms with Crippen molar-refractivity contribution in [3.63, 3.8) is 0 Å². The van der Waals surface area contributed by atoms with Gasteiger partial charge in [-0.15, -0.1) is 11.3 Å². The van der Waals surface area contributed by atoms with E-state index in [2.05, 4.69) is 30.7 Å². The van der Waals surface area contributed by atoms with E-state index in [9.17, 15) is 4.79 Å². The number of carbonyl (C=O) groups is 1. The summed E-state index contributed by atoms with van der Waals surface area (Å²) in [6.07, 6.45) is 0. The third-order valence-corrected chi connectivity index (χ3v) is 3.82. The minimum atomic E-state index is -0.702. The highest BCUT2D eigenvalue weighted by Gasteiger charge is 2.33. The van der Waals surface area contributed by atoms with Crippen molar-refractivity contribution in [1.82, 2.24) is 4.98 Å². The van der Waals surface area contributed by atoms with Crippen LogP contribution in [0, 0.1) is 5.41 Å². The van der Waals surface area contributed by atoms with Crippen molar-refractivity contribution in [2.24, 2.45) is 5.41 Å². The molecule has 4 nitrogen and oxygen atoms in total. The van der Waals surface area contributed by atoms with Gasteiger partial charge >= 0.3 is 5.97 Å². The minimum Gasteiger partial charge on any atom is -0.468 e. The van der Waals surface area contributed by atoms with Crippen LogP contribution in [0.4, 0.5) is 5.13 Å². The molecule has 1 aromatic heterocycles. The summed E-state index contributed by atoms with van der Waals surface area (Å²) in [5.74, 6) is -0.261. The smallest absolute Gasteiger partial charge is 0.317 e. The lowest BCUT2D eigenvalue weighted by Crippen LogP contribution is -2.31. The standard InChI is InChI=1S/C14H24N2O2S/c1-13(2,3)9-16(6)12-15-10(8-19-12)14(4,5)11(17)18-7/h8H,9H2,1-7H3. The zero-order valence-electron chi connectivity index (χ0n) is 12.9. The highest BCUT2D eigenvalue weighted by molar-refractivity contribution is 7.13. The van der Waals surface area contributed by atoms with Gasteiger partial charge in [0.05, 0.1) is 12.8 Å². The lowest BCUT2D eigenvalue weighted by Gasteiger charge is -2.26. The Morgan fingerprint density at radius 1 is 1.37 bits per heavy atom. The highest BCUT2D eigenvalue weighted by Crippen LogP contribution is 2.30. The Balaban J connectivity index is 2.91. The van der Waals surface area contributed by atoms with E-state index in [1.54, 1.807) is 11.3 Å². The van der Waals surface area contributed by atoms with Crippen LogP contribution >= 0.6 is 11.3 Å². The van der Waals surface area contributed by atoms with Crippen LogP contribution in [0.1, 0.15) is 40.3 Å². The molecular weight excluding hydrogens is 260 g/mol. The Labute approximate surface area is 119 Å². The first-order valence-corrected chi connectivity index (χ1v) is 7.21. The molecule has 0 aliphatic heterocycles. The van der Waals surface area contributed by atoms with Gasteiger partial charge in [0.1, 0.15) is 5.41 Å². The highest BCUT2D eigenvalue weighted by atomic mass is 32.1. The first-order valence-electron chi connectivity index (χ1n) is 6.33. The molecule has 0 aromatic carbocycles. The van der Waals surface area contributed by atoms with Crippen LogP contribution in [-0.4, -0.2) is 31.7 Å². The summed E-state index contributed by atoms with van der Waals surface area (Å²) >= 11 is 1.56. The molecule has 0 spiro atoms. The third-order valence-electron chi connectivity index (χ3n) is 2.87. The summed E-state index contributed by atoms with van der Waals surface area (Å²) in [5, 5.41) is 2.87. The Morgan fingerprint density at radius 3 is 2.42 bits per heavy atom. The molecule has 0 atom stereocenters. The summed E-state index contributed by atoms with van der Waals surface area (Å²) in [7, 11) is 3.43. The SMILES string of the molecule is COC(=O)C(C)(C)c1csc(N(C)CC(C)(C)C)n1. The Bertz CT molecular complexity index is 447. The lowest BCUT2D eigenvalue weighted by molar-refractivity contribution is -0.146. The normalized spacial score (nSPS) is 12.4. The van der Waals surface area contributed by atoms with Crippen molar-refractivity contribution in [2.75, 3.05) is 25.6 Å². The van der Waals surface area contributed by atoms with Crippen LogP contribution in [0.5, 0.6) is 0 Å². The van der Waals surface area contributed by atoms with E-state index in [0.717, 1.165) is 17.4 Å². The molecule has 1 heterocycles. The van der Waals surface area contributed by atoms with E-state index in [1.165, 1.54) is 7.11 Å². The molecule has 0 unspecified atom stereocenters. The fourth-order valence-electron chi connectivity index (χ4n) is 1.87. The van der Waals surface area contributed by atoms with Gasteiger partial charge in [0, 0.05) is 19.0 Å². The van der Waals surface area contributed by atoms with Gasteiger partial charge in [-0.3, -0.25) is 4.79 Å². The number of methoxy groups -OCH3 is 1. The van der Waals surface area contributed by atoms with E-state index in [0.29, 0.717) is 0 Å². The number of esters is 1. The van der Waals surface area contributed by atoms with Crippen molar-refractivity contribution >= 4 is 22.4 Å². The summed E-state index contributed by atoms with van der Waals surface area (Å²) in [6.45, 7) is 11.2. The second-order valence-electron chi connectivity index (χ2n) is 6.55. The van der Waals surface area contributed by atoms with Crippen molar-refractivity contribution in [3.05, 3.63) is 11.1 Å². The molecule has 5 heteroatoms. The summed E-state index contributed by atoms with van der Waals surface area (Å²) in [6, 6.07) is 0. The number of carbonyl (C=O) groups excluding carboxylic acids is 1. The monoisotopic (exact) mass is 284 g/mol. The van der Waals surface area contributed by atoms with E-state index >= 15 is 0 Å². The van der Waals surface area contributed by atoms with Gasteiger partial charge < -0.3 is 9.64 Å². The fraction of sp³-hybridized carbons (Fsp3) is 0.714. The molecule has 0 bridgehead atoms. The van der Waals surface area contributed by atoms with Crippen LogP contribution in [0.25, 0.3) is 0 Å². The topological polar surface area (TPSA) is 42.4 Å². The first-order chi connectivity index (χ1) is 8.58. The van der Waals surface area contributed by atoms with Crippen LogP contribution in [0.2, 0.25) is 0 Å². The van der Waals surface area contributed by atoms with Crippen LogP contribution in [0.15, 0.2) is 5.38 Å². The number of hydrogen-bond acceptors (Lipinski definition) is 5. The first kappa shape index (κ1) is 16.0. The zero-order valence-corrected chi connectivity index (χ0v) is 13.7. The number of thiazole rings is 1. The molecule has 0 fully saturated rings. The molecule has 0 saturated heterocycles. The number of aromatic nitrogens is 1. The molecule has 108 valence electrons. The van der Waals surface area contributed by atoms with Crippen molar-refractivity contribution in [2.45, 2.75) is 40.0 Å². The third kappa shape index (κ3) is 3.93. The van der Waals surface area contributed by atoms with Gasteiger partial charge in [-0.05, 0) is 19.3 Å². The van der Waals surface area contributed by atoms with Crippen molar-refractivity contribution < 1.29 is 9.53 Å². The van der Waals surface area contributed by atoms with Gasteiger partial charge in [-0.25, -0.2) is 4.98 Å². The van der Waals surface area contributed by atoms with Crippen LogP contribution in [0.3, 0.4) is 0 Å². The van der Waals surface area contributed by atoms with E-state index < -0.39 is 5.41 Å². The number of ether oxygens (including phenoxy) is 1. The lowest BCUT2D eigenvalue weighted by atomic mass is 9.90. The molecule has 0 N–H and O–H groups in total. The Hall–Kier alpha value is -1.10. The number of rotatable bonds is 4. The molecule has 0 aliphatic rings. The molecule has 0 aliphatic carbocycles. The van der Waals surface area contributed by atoms with Gasteiger partial charge in [-0.2, -0.15) is 0 Å². The number of hydrogen-bond donors (Lipinski definition) is 0. The van der Waals surface area contributed by atoms with Crippen molar-refractivity contribution in [1.29, 1.82) is 0 Å². The maximum absolute atomic E-state index is 11.8. The Kier molecular flexibility index (Phi) is 4.61. The molecule has 0 radical (unpaired) electrons. The van der Waals surface area contributed by atoms with E-state index in [4.69, 9.17) is 4.74 Å². The van der Waals surface area contributed by atoms with Crippen LogP contribution < -0.4 is 4.90 Å². The van der Waals surface area contributed by atoms with Crippen molar-refractivity contribution in [3.8, 4) is 0 Å². The maximum atomic E-state index is 11.8. The number of anilines is 1. The molecule has 0 saturated carbocycles. The van der Waals surface area contributed by atoms with E-state index in [-0.39, 0.29) is 11.4 Å². The predicted octanol–water partition coefficient (Wildman–Crippen LogP) is 3.08. The molecular formula is C14H24N2O2S. The second kappa shape index (κ2) is 5.49. The molecule has 1 aromatic rings. The zero-order chi connectivity index (χ0) is 14.8. The van der Waals surface area contributed by atoms with Gasteiger partial charge in [0.2, 0.25) is 0 Å². The average Bonchev–Trinajstić information content (AvgIpc) is 2.75. The van der Waals surface area contributed by atoms with Gasteiger partial charge in [0.15, 0.2) is 5.13 Å². The quantitative estimate of drug-likeness (QED) is 0.797. The minimum absolute atomic E-state index is 0.207. The molecule has 0 amide bonds. The molecule has 19 heavy (non-hydrogen) atoms. The van der Waals surface area contributed by atoms with Gasteiger partial charge in [-0.1, -0.05) is 20.8 Å². The fourth-order valence-corrected chi connectivity index (χ4v) is 2.83. The average molecular weight is 284 g/mol. The van der Waals surface area contributed by atoms with Crippen LogP contribution in [-0.2, 0) is 14.9 Å². The Morgan fingerprint density at radius 2 is 1.95 bits per heavy atom. The largest absolute Gasteiger partial charge is 0.468 e. The summed E-state index contributed by atoms with van der Waals surface area (Å²) in [5.41, 5.74) is 0.268. The second-order valence-corrected chi connectivity index (χ2v) is 7.39. The maximum Gasteiger partial charge on any atom is 0.317 e. The summed E-state index contributed by atoms with van der Waals surface area (Å²) in [4.78, 5) is 18.5. The number of nitrogens with zero attached hydrogens (tertiary/aromatic N) is 2. The van der Waals surface area contributed by atoms with Gasteiger partial charge in [0.25, 0.3) is 0 Å².